The normalized spacial score (nSPS) is 10.7. The Morgan fingerprint density at radius 1 is 1.17 bits per heavy atom. The standard InChI is InChI=1S/C15H12F4N2O2/c16-9-5-11(13(20)12(17)6-9)14(22)21-7-8-1-3-10(4-2-8)23-15(18)19/h1-6,15H,7,20H2,(H,21,22). The number of carbonyl (C=O) groups excluding carboxylic acids is 1. The molecule has 122 valence electrons. The third-order valence-corrected chi connectivity index (χ3v) is 2.94. The van der Waals surface area contributed by atoms with E-state index in [1.807, 2.05) is 0 Å². The molecule has 23 heavy (non-hydrogen) atoms. The van der Waals surface area contributed by atoms with Crippen LogP contribution in [0.5, 0.6) is 5.75 Å². The van der Waals surface area contributed by atoms with Crippen molar-refractivity contribution in [2.45, 2.75) is 13.2 Å². The number of hydrogen-bond donors (Lipinski definition) is 2. The molecule has 0 bridgehead atoms. The number of carbonyl (C=O) groups is 1. The summed E-state index contributed by atoms with van der Waals surface area (Å²) < 4.78 is 54.6. The van der Waals surface area contributed by atoms with Crippen LogP contribution in [0, 0.1) is 11.6 Å². The molecule has 0 aliphatic heterocycles. The van der Waals surface area contributed by atoms with Gasteiger partial charge in [0.15, 0.2) is 0 Å². The topological polar surface area (TPSA) is 64.4 Å². The first-order valence-corrected chi connectivity index (χ1v) is 6.43. The van der Waals surface area contributed by atoms with Gasteiger partial charge >= 0.3 is 6.61 Å². The number of alkyl halides is 2. The third kappa shape index (κ3) is 4.35. The Balaban J connectivity index is 2.02. The Morgan fingerprint density at radius 3 is 2.43 bits per heavy atom. The summed E-state index contributed by atoms with van der Waals surface area (Å²) >= 11 is 0. The fourth-order valence-corrected chi connectivity index (χ4v) is 1.84. The monoisotopic (exact) mass is 328 g/mol. The van der Waals surface area contributed by atoms with Crippen molar-refractivity contribution in [3.63, 3.8) is 0 Å². The molecule has 0 heterocycles. The number of nitrogens with two attached hydrogens (primary N) is 1. The molecule has 4 nitrogen and oxygen atoms in total. The second-order valence-electron chi connectivity index (χ2n) is 4.55. The Hall–Kier alpha value is -2.77. The number of anilines is 1. The maximum Gasteiger partial charge on any atom is 0.387 e. The van der Waals surface area contributed by atoms with E-state index in [-0.39, 0.29) is 17.9 Å². The summed E-state index contributed by atoms with van der Waals surface area (Å²) in [5, 5.41) is 2.43. The Bertz CT molecular complexity index is 705. The molecule has 2 aromatic carbocycles. The molecule has 0 aliphatic rings. The molecular formula is C15H12F4N2O2. The van der Waals surface area contributed by atoms with Gasteiger partial charge in [0.05, 0.1) is 11.3 Å². The summed E-state index contributed by atoms with van der Waals surface area (Å²) in [4.78, 5) is 11.9. The summed E-state index contributed by atoms with van der Waals surface area (Å²) in [6.45, 7) is -2.91. The minimum atomic E-state index is -2.92. The van der Waals surface area contributed by atoms with Gasteiger partial charge in [-0.15, -0.1) is 0 Å². The lowest BCUT2D eigenvalue weighted by Gasteiger charge is -2.09. The molecule has 0 atom stereocenters. The maximum atomic E-state index is 13.3. The molecule has 2 aromatic rings. The minimum absolute atomic E-state index is 0.0192. The first-order valence-electron chi connectivity index (χ1n) is 6.43. The second-order valence-corrected chi connectivity index (χ2v) is 4.55. The number of hydrogen-bond acceptors (Lipinski definition) is 3. The van der Waals surface area contributed by atoms with Crippen molar-refractivity contribution in [2.75, 3.05) is 5.73 Å². The summed E-state index contributed by atoms with van der Waals surface area (Å²) in [6.07, 6.45) is 0. The molecule has 0 aliphatic carbocycles. The molecule has 0 aromatic heterocycles. The van der Waals surface area contributed by atoms with Gasteiger partial charge in [-0.05, 0) is 23.8 Å². The van der Waals surface area contributed by atoms with E-state index < -0.39 is 29.8 Å². The zero-order valence-corrected chi connectivity index (χ0v) is 11.7. The fraction of sp³-hybridized carbons (Fsp3) is 0.133. The van der Waals surface area contributed by atoms with Crippen molar-refractivity contribution in [3.8, 4) is 5.75 Å². The fourth-order valence-electron chi connectivity index (χ4n) is 1.84. The Morgan fingerprint density at radius 2 is 1.83 bits per heavy atom. The van der Waals surface area contributed by atoms with E-state index in [0.717, 1.165) is 6.07 Å². The van der Waals surface area contributed by atoms with E-state index in [9.17, 15) is 22.4 Å². The molecule has 1 amide bonds. The first-order chi connectivity index (χ1) is 10.9. The van der Waals surface area contributed by atoms with Gasteiger partial charge in [-0.25, -0.2) is 8.78 Å². The average molecular weight is 328 g/mol. The highest BCUT2D eigenvalue weighted by molar-refractivity contribution is 5.99. The van der Waals surface area contributed by atoms with E-state index in [1.165, 1.54) is 24.3 Å². The van der Waals surface area contributed by atoms with E-state index in [0.29, 0.717) is 11.6 Å². The van der Waals surface area contributed by atoms with Crippen LogP contribution in [0.2, 0.25) is 0 Å². The lowest BCUT2D eigenvalue weighted by atomic mass is 10.1. The molecule has 2 rings (SSSR count). The van der Waals surface area contributed by atoms with E-state index in [1.54, 1.807) is 0 Å². The van der Waals surface area contributed by atoms with Gasteiger partial charge in [0.25, 0.3) is 5.91 Å². The largest absolute Gasteiger partial charge is 0.435 e. The van der Waals surface area contributed by atoms with E-state index in [2.05, 4.69) is 10.1 Å². The molecule has 0 unspecified atom stereocenters. The smallest absolute Gasteiger partial charge is 0.387 e. The molecule has 0 fully saturated rings. The molecule has 0 saturated carbocycles. The predicted octanol–water partition coefficient (Wildman–Crippen LogP) is 3.08. The van der Waals surface area contributed by atoms with Gasteiger partial charge in [-0.2, -0.15) is 8.78 Å². The number of nitrogen functional groups attached to an aromatic ring is 1. The van der Waals surface area contributed by atoms with Crippen molar-refractivity contribution >= 4 is 11.6 Å². The lowest BCUT2D eigenvalue weighted by Crippen LogP contribution is -2.24. The van der Waals surface area contributed by atoms with Gasteiger partial charge in [-0.1, -0.05) is 12.1 Å². The SMILES string of the molecule is Nc1c(F)cc(F)cc1C(=O)NCc1ccc(OC(F)F)cc1. The summed E-state index contributed by atoms with van der Waals surface area (Å²) in [7, 11) is 0. The third-order valence-electron chi connectivity index (χ3n) is 2.94. The molecule has 8 heteroatoms. The number of halogens is 4. The van der Waals surface area contributed by atoms with Crippen LogP contribution >= 0.6 is 0 Å². The van der Waals surface area contributed by atoms with Crippen molar-refractivity contribution < 1.29 is 27.1 Å². The quantitative estimate of drug-likeness (QED) is 0.655. The number of rotatable bonds is 5. The zero-order valence-electron chi connectivity index (χ0n) is 11.7. The van der Waals surface area contributed by atoms with Crippen LogP contribution in [0.15, 0.2) is 36.4 Å². The van der Waals surface area contributed by atoms with Crippen molar-refractivity contribution in [3.05, 3.63) is 59.2 Å². The Kier molecular flexibility index (Phi) is 5.05. The van der Waals surface area contributed by atoms with Crippen molar-refractivity contribution in [1.82, 2.24) is 5.32 Å². The lowest BCUT2D eigenvalue weighted by molar-refractivity contribution is -0.0498. The number of ether oxygens (including phenoxy) is 1. The van der Waals surface area contributed by atoms with Gasteiger partial charge < -0.3 is 15.8 Å². The molecule has 0 saturated heterocycles. The minimum Gasteiger partial charge on any atom is -0.435 e. The van der Waals surface area contributed by atoms with Crippen LogP contribution in [0.1, 0.15) is 15.9 Å². The Labute approximate surface area is 128 Å². The number of benzene rings is 2. The van der Waals surface area contributed by atoms with Crippen LogP contribution in [-0.2, 0) is 6.54 Å². The second kappa shape index (κ2) is 6.99. The number of nitrogens with one attached hydrogen (secondary N) is 1. The van der Waals surface area contributed by atoms with Crippen LogP contribution in [-0.4, -0.2) is 12.5 Å². The van der Waals surface area contributed by atoms with Gasteiger partial charge in [0.2, 0.25) is 0 Å². The van der Waals surface area contributed by atoms with E-state index in [4.69, 9.17) is 5.73 Å². The summed E-state index contributed by atoms with van der Waals surface area (Å²) in [5.74, 6) is -2.72. The molecule has 0 radical (unpaired) electrons. The van der Waals surface area contributed by atoms with Crippen LogP contribution in [0.3, 0.4) is 0 Å². The zero-order chi connectivity index (χ0) is 17.0. The van der Waals surface area contributed by atoms with Crippen LogP contribution in [0.25, 0.3) is 0 Å². The van der Waals surface area contributed by atoms with Gasteiger partial charge in [-0.3, -0.25) is 4.79 Å². The molecule has 0 spiro atoms. The summed E-state index contributed by atoms with van der Waals surface area (Å²) in [6, 6.07) is 6.95. The number of amides is 1. The van der Waals surface area contributed by atoms with Crippen LogP contribution < -0.4 is 15.8 Å². The highest BCUT2D eigenvalue weighted by atomic mass is 19.3. The average Bonchev–Trinajstić information content (AvgIpc) is 2.49. The highest BCUT2D eigenvalue weighted by Gasteiger charge is 2.15. The van der Waals surface area contributed by atoms with Gasteiger partial charge in [0.1, 0.15) is 17.4 Å². The predicted molar refractivity (Wildman–Crippen MR) is 75.0 cm³/mol. The molecular weight excluding hydrogens is 316 g/mol. The van der Waals surface area contributed by atoms with Crippen LogP contribution in [0.4, 0.5) is 23.2 Å². The summed E-state index contributed by atoms with van der Waals surface area (Å²) in [5.41, 5.74) is 5.20. The van der Waals surface area contributed by atoms with E-state index >= 15 is 0 Å². The maximum absolute atomic E-state index is 13.3. The molecule has 3 N–H and O–H groups in total. The first kappa shape index (κ1) is 16.6. The van der Waals surface area contributed by atoms with Crippen molar-refractivity contribution in [2.24, 2.45) is 0 Å². The van der Waals surface area contributed by atoms with Crippen molar-refractivity contribution in [1.29, 1.82) is 0 Å². The highest BCUT2D eigenvalue weighted by Crippen LogP contribution is 2.19. The van der Waals surface area contributed by atoms with Gasteiger partial charge in [0, 0.05) is 12.6 Å².